The second-order valence-electron chi connectivity index (χ2n) is 4.66. The summed E-state index contributed by atoms with van der Waals surface area (Å²) in [5.41, 5.74) is 0.889. The summed E-state index contributed by atoms with van der Waals surface area (Å²) in [4.78, 5) is 1.08. The van der Waals surface area contributed by atoms with Crippen molar-refractivity contribution in [3.63, 3.8) is 0 Å². The third kappa shape index (κ3) is 4.23. The first-order valence-electron chi connectivity index (χ1n) is 6.23. The van der Waals surface area contributed by atoms with Crippen molar-refractivity contribution in [3.05, 3.63) is 51.2 Å². The molecule has 1 heterocycles. The van der Waals surface area contributed by atoms with Gasteiger partial charge in [0.05, 0.1) is 16.5 Å². The maximum absolute atomic E-state index is 10.2. The van der Waals surface area contributed by atoms with Crippen LogP contribution in [0.25, 0.3) is 0 Å². The van der Waals surface area contributed by atoms with Crippen molar-refractivity contribution in [2.24, 2.45) is 0 Å². The maximum Gasteiger partial charge on any atom is 0.119 e. The van der Waals surface area contributed by atoms with Gasteiger partial charge >= 0.3 is 0 Å². The van der Waals surface area contributed by atoms with Gasteiger partial charge in [0.1, 0.15) is 5.75 Å². The van der Waals surface area contributed by atoms with Gasteiger partial charge in [0.25, 0.3) is 0 Å². The minimum Gasteiger partial charge on any atom is -0.491 e. The second kappa shape index (κ2) is 6.42. The number of rotatable bonds is 5. The monoisotopic (exact) mass is 296 g/mol. The molecule has 2 nitrogen and oxygen atoms in total. The van der Waals surface area contributed by atoms with Gasteiger partial charge in [0, 0.05) is 11.3 Å². The number of aliphatic hydroxyl groups is 1. The number of halogens is 1. The molecule has 0 saturated heterocycles. The highest BCUT2D eigenvalue weighted by Crippen LogP contribution is 2.27. The lowest BCUT2D eigenvalue weighted by atomic mass is 10.1. The van der Waals surface area contributed by atoms with Crippen molar-refractivity contribution < 1.29 is 9.84 Å². The maximum atomic E-state index is 10.2. The molecule has 0 aliphatic heterocycles. The zero-order valence-electron chi connectivity index (χ0n) is 11.0. The molecule has 102 valence electrons. The van der Waals surface area contributed by atoms with E-state index < -0.39 is 6.10 Å². The van der Waals surface area contributed by atoms with Crippen LogP contribution in [0.4, 0.5) is 0 Å². The van der Waals surface area contributed by atoms with Gasteiger partial charge in [-0.1, -0.05) is 23.7 Å². The molecule has 0 saturated carbocycles. The predicted molar refractivity (Wildman–Crippen MR) is 80.2 cm³/mol. The van der Waals surface area contributed by atoms with E-state index in [2.05, 4.69) is 0 Å². The van der Waals surface area contributed by atoms with Gasteiger partial charge < -0.3 is 9.84 Å². The summed E-state index contributed by atoms with van der Waals surface area (Å²) in [7, 11) is 0. The molecule has 0 spiro atoms. The smallest absolute Gasteiger partial charge is 0.119 e. The Hall–Kier alpha value is -1.03. The Bertz CT molecular complexity index is 519. The summed E-state index contributed by atoms with van der Waals surface area (Å²) >= 11 is 7.38. The van der Waals surface area contributed by atoms with Crippen molar-refractivity contribution in [2.75, 3.05) is 0 Å². The van der Waals surface area contributed by atoms with Crippen LogP contribution in [0, 0.1) is 0 Å². The molecule has 0 aliphatic rings. The molecule has 2 aromatic rings. The summed E-state index contributed by atoms with van der Waals surface area (Å²) in [5, 5.41) is 10.2. The topological polar surface area (TPSA) is 29.5 Å². The molecule has 0 aliphatic carbocycles. The van der Waals surface area contributed by atoms with Crippen LogP contribution < -0.4 is 4.74 Å². The summed E-state index contributed by atoms with van der Waals surface area (Å²) in [6, 6.07) is 11.4. The normalized spacial score (nSPS) is 12.7. The fourth-order valence-corrected chi connectivity index (χ4v) is 2.93. The zero-order valence-corrected chi connectivity index (χ0v) is 12.5. The van der Waals surface area contributed by atoms with E-state index in [4.69, 9.17) is 16.3 Å². The lowest BCUT2D eigenvalue weighted by Gasteiger charge is -2.12. The van der Waals surface area contributed by atoms with Crippen molar-refractivity contribution in [1.29, 1.82) is 0 Å². The number of hydrogen-bond acceptors (Lipinski definition) is 3. The molecule has 1 aromatic heterocycles. The Morgan fingerprint density at radius 2 is 1.84 bits per heavy atom. The molecule has 0 bridgehead atoms. The average molecular weight is 297 g/mol. The van der Waals surface area contributed by atoms with Crippen molar-refractivity contribution in [2.45, 2.75) is 32.5 Å². The Labute approximate surface area is 122 Å². The van der Waals surface area contributed by atoms with E-state index in [-0.39, 0.29) is 6.10 Å². The van der Waals surface area contributed by atoms with Crippen LogP contribution in [0.1, 0.15) is 30.4 Å². The molecule has 0 radical (unpaired) electrons. The van der Waals surface area contributed by atoms with E-state index >= 15 is 0 Å². The van der Waals surface area contributed by atoms with Crippen molar-refractivity contribution in [3.8, 4) is 5.75 Å². The molecule has 1 unspecified atom stereocenters. The molecule has 19 heavy (non-hydrogen) atoms. The van der Waals surface area contributed by atoms with Crippen LogP contribution in [0.3, 0.4) is 0 Å². The average Bonchev–Trinajstić information content (AvgIpc) is 2.75. The van der Waals surface area contributed by atoms with Gasteiger partial charge in [0.15, 0.2) is 0 Å². The summed E-state index contributed by atoms with van der Waals surface area (Å²) in [6.07, 6.45) is 0.230. The lowest BCUT2D eigenvalue weighted by molar-refractivity contribution is 0.179. The highest BCUT2D eigenvalue weighted by atomic mass is 35.5. The van der Waals surface area contributed by atoms with Crippen LogP contribution in [-0.4, -0.2) is 11.2 Å². The van der Waals surface area contributed by atoms with E-state index in [0.29, 0.717) is 6.42 Å². The molecule has 1 aromatic carbocycles. The first-order valence-corrected chi connectivity index (χ1v) is 7.43. The van der Waals surface area contributed by atoms with Crippen LogP contribution in [0.15, 0.2) is 36.4 Å². The molecule has 0 fully saturated rings. The summed E-state index contributed by atoms with van der Waals surface area (Å²) < 4.78 is 6.33. The Morgan fingerprint density at radius 1 is 1.16 bits per heavy atom. The summed E-state index contributed by atoms with van der Waals surface area (Å²) in [6.45, 7) is 3.98. The number of aliphatic hydroxyl groups excluding tert-OH is 1. The third-order valence-corrected chi connectivity index (χ3v) is 3.91. The number of thiophene rings is 1. The van der Waals surface area contributed by atoms with Crippen LogP contribution in [0.5, 0.6) is 5.75 Å². The molecule has 1 N–H and O–H groups in total. The van der Waals surface area contributed by atoms with Crippen LogP contribution >= 0.6 is 22.9 Å². The molecular weight excluding hydrogens is 280 g/mol. The predicted octanol–water partition coefficient (Wildman–Crippen LogP) is 4.46. The highest BCUT2D eigenvalue weighted by Gasteiger charge is 2.10. The van der Waals surface area contributed by atoms with Gasteiger partial charge in [-0.05, 0) is 43.7 Å². The SMILES string of the molecule is CC(C)Oc1ccc(C(O)Cc2ccc(Cl)s2)cc1. The van der Waals surface area contributed by atoms with Gasteiger partial charge in [-0.3, -0.25) is 0 Å². The second-order valence-corrected chi connectivity index (χ2v) is 6.46. The molecular formula is C15H17ClO2S. The third-order valence-electron chi connectivity index (χ3n) is 2.66. The highest BCUT2D eigenvalue weighted by molar-refractivity contribution is 7.16. The fraction of sp³-hybridized carbons (Fsp3) is 0.333. The van der Waals surface area contributed by atoms with E-state index in [1.807, 2.05) is 50.2 Å². The molecule has 4 heteroatoms. The van der Waals surface area contributed by atoms with Crippen LogP contribution in [-0.2, 0) is 6.42 Å². The number of hydrogen-bond donors (Lipinski definition) is 1. The van der Waals surface area contributed by atoms with E-state index in [1.165, 1.54) is 11.3 Å². The molecule has 0 amide bonds. The van der Waals surface area contributed by atoms with Crippen molar-refractivity contribution in [1.82, 2.24) is 0 Å². The quantitative estimate of drug-likeness (QED) is 0.882. The number of ether oxygens (including phenoxy) is 1. The van der Waals surface area contributed by atoms with Gasteiger partial charge in [-0.15, -0.1) is 11.3 Å². The first-order chi connectivity index (χ1) is 9.04. The van der Waals surface area contributed by atoms with Crippen LogP contribution in [0.2, 0.25) is 4.34 Å². The zero-order chi connectivity index (χ0) is 13.8. The largest absolute Gasteiger partial charge is 0.491 e. The van der Waals surface area contributed by atoms with E-state index in [1.54, 1.807) is 0 Å². The molecule has 1 atom stereocenters. The Kier molecular flexibility index (Phi) is 4.86. The Morgan fingerprint density at radius 3 is 2.37 bits per heavy atom. The van der Waals surface area contributed by atoms with E-state index in [0.717, 1.165) is 20.5 Å². The molecule has 2 rings (SSSR count). The standard InChI is InChI=1S/C15H17ClO2S/c1-10(2)18-12-5-3-11(4-6-12)14(17)9-13-7-8-15(16)19-13/h3-8,10,14,17H,9H2,1-2H3. The number of benzene rings is 1. The minimum atomic E-state index is -0.511. The lowest BCUT2D eigenvalue weighted by Crippen LogP contribution is -2.06. The fourth-order valence-electron chi connectivity index (χ4n) is 1.81. The Balaban J connectivity index is 2.01. The first kappa shape index (κ1) is 14.4. The van der Waals surface area contributed by atoms with Gasteiger partial charge in [-0.2, -0.15) is 0 Å². The van der Waals surface area contributed by atoms with Crippen molar-refractivity contribution >= 4 is 22.9 Å². The van der Waals surface area contributed by atoms with Gasteiger partial charge in [0.2, 0.25) is 0 Å². The summed E-state index contributed by atoms with van der Waals surface area (Å²) in [5.74, 6) is 0.824. The minimum absolute atomic E-state index is 0.157. The van der Waals surface area contributed by atoms with Gasteiger partial charge in [-0.25, -0.2) is 0 Å². The van der Waals surface area contributed by atoms with E-state index in [9.17, 15) is 5.11 Å².